The van der Waals surface area contributed by atoms with Crippen LogP contribution >= 0.6 is 0 Å². The van der Waals surface area contributed by atoms with Crippen LogP contribution in [0.5, 0.6) is 0 Å². The molecule has 0 fully saturated rings. The summed E-state index contributed by atoms with van der Waals surface area (Å²) in [6.45, 7) is -0.0798. The third-order valence-corrected chi connectivity index (χ3v) is 2.92. The van der Waals surface area contributed by atoms with E-state index < -0.39 is 23.3 Å². The molecule has 0 aliphatic rings. The predicted octanol–water partition coefficient (Wildman–Crippen LogP) is 0.833. The molecule has 0 saturated heterocycles. The molecule has 2 rings (SSSR count). The number of carbonyl (C=O) groups excluding carboxylic acids is 1. The van der Waals surface area contributed by atoms with Gasteiger partial charge in [-0.1, -0.05) is 6.07 Å². The predicted molar refractivity (Wildman–Crippen MR) is 71.7 cm³/mol. The first-order valence-corrected chi connectivity index (χ1v) is 5.90. The molecule has 3 N–H and O–H groups in total. The Hall–Kier alpha value is -2.96. The van der Waals surface area contributed by atoms with Crippen LogP contribution in [0, 0.1) is 5.82 Å². The van der Waals surface area contributed by atoms with Crippen molar-refractivity contribution in [3.8, 4) is 0 Å². The van der Waals surface area contributed by atoms with Gasteiger partial charge in [-0.05, 0) is 18.2 Å². The summed E-state index contributed by atoms with van der Waals surface area (Å²) >= 11 is 0. The largest absolute Gasteiger partial charge is 0.478 e. The highest BCUT2D eigenvalue weighted by atomic mass is 19.1. The standard InChI is InChI=1S/C14H11FN2O4/c15-11-5-8(13(16)19)1-2-10(11)7-17-4-3-9(14(20)21)6-12(17)18/h1-6H,7H2,(H2,16,19)(H,20,21). The molecule has 0 saturated carbocycles. The second-order valence-corrected chi connectivity index (χ2v) is 4.36. The summed E-state index contributed by atoms with van der Waals surface area (Å²) in [6, 6.07) is 5.91. The number of aromatic nitrogens is 1. The molecule has 0 unspecified atom stereocenters. The van der Waals surface area contributed by atoms with Crippen LogP contribution in [0.15, 0.2) is 41.3 Å². The zero-order valence-electron chi connectivity index (χ0n) is 10.7. The van der Waals surface area contributed by atoms with E-state index in [4.69, 9.17) is 10.8 Å². The van der Waals surface area contributed by atoms with Crippen LogP contribution in [-0.4, -0.2) is 21.6 Å². The van der Waals surface area contributed by atoms with Gasteiger partial charge < -0.3 is 15.4 Å². The highest BCUT2D eigenvalue weighted by Gasteiger charge is 2.10. The van der Waals surface area contributed by atoms with Crippen LogP contribution in [0.4, 0.5) is 4.39 Å². The van der Waals surface area contributed by atoms with Gasteiger partial charge in [0.2, 0.25) is 5.91 Å². The summed E-state index contributed by atoms with van der Waals surface area (Å²) in [6.07, 6.45) is 1.27. The number of amides is 1. The minimum atomic E-state index is -1.21. The molecule has 0 aliphatic carbocycles. The van der Waals surface area contributed by atoms with E-state index in [1.807, 2.05) is 0 Å². The molecule has 0 radical (unpaired) electrons. The van der Waals surface area contributed by atoms with E-state index in [0.717, 1.165) is 16.7 Å². The van der Waals surface area contributed by atoms with Crippen molar-refractivity contribution in [1.82, 2.24) is 4.57 Å². The number of carboxylic acid groups (broad SMARTS) is 1. The molecule has 1 aromatic heterocycles. The van der Waals surface area contributed by atoms with E-state index in [1.54, 1.807) is 0 Å². The molecule has 108 valence electrons. The van der Waals surface area contributed by atoms with Crippen LogP contribution in [0.2, 0.25) is 0 Å². The van der Waals surface area contributed by atoms with Crippen molar-refractivity contribution in [2.45, 2.75) is 6.54 Å². The number of nitrogens with zero attached hydrogens (tertiary/aromatic N) is 1. The Kier molecular flexibility index (Phi) is 3.84. The molecular formula is C14H11FN2O4. The zero-order valence-corrected chi connectivity index (χ0v) is 10.7. The Morgan fingerprint density at radius 1 is 1.19 bits per heavy atom. The van der Waals surface area contributed by atoms with Gasteiger partial charge in [-0.25, -0.2) is 9.18 Å². The quantitative estimate of drug-likeness (QED) is 0.870. The number of primary amides is 1. The topological polar surface area (TPSA) is 102 Å². The number of nitrogens with two attached hydrogens (primary N) is 1. The Morgan fingerprint density at radius 3 is 2.43 bits per heavy atom. The molecule has 1 aromatic carbocycles. The smallest absolute Gasteiger partial charge is 0.335 e. The van der Waals surface area contributed by atoms with E-state index in [2.05, 4.69) is 0 Å². The number of rotatable bonds is 4. The summed E-state index contributed by atoms with van der Waals surface area (Å²) < 4.78 is 15.0. The molecule has 0 aliphatic heterocycles. The number of pyridine rings is 1. The zero-order chi connectivity index (χ0) is 15.6. The van der Waals surface area contributed by atoms with Crippen molar-refractivity contribution >= 4 is 11.9 Å². The number of halogens is 1. The van der Waals surface area contributed by atoms with Gasteiger partial charge in [-0.3, -0.25) is 9.59 Å². The van der Waals surface area contributed by atoms with Crippen LogP contribution in [0.3, 0.4) is 0 Å². The van der Waals surface area contributed by atoms with E-state index in [0.29, 0.717) is 0 Å². The van der Waals surface area contributed by atoms with Crippen molar-refractivity contribution < 1.29 is 19.1 Å². The molecule has 0 bridgehead atoms. The lowest BCUT2D eigenvalue weighted by molar-refractivity contribution is 0.0696. The number of carboxylic acids is 1. The van der Waals surface area contributed by atoms with Gasteiger partial charge in [0.25, 0.3) is 5.56 Å². The van der Waals surface area contributed by atoms with Crippen molar-refractivity contribution in [1.29, 1.82) is 0 Å². The van der Waals surface area contributed by atoms with E-state index in [-0.39, 0.29) is 23.2 Å². The monoisotopic (exact) mass is 290 g/mol. The van der Waals surface area contributed by atoms with Gasteiger partial charge in [-0.2, -0.15) is 0 Å². The van der Waals surface area contributed by atoms with E-state index in [9.17, 15) is 18.8 Å². The second kappa shape index (κ2) is 5.58. The third-order valence-electron chi connectivity index (χ3n) is 2.92. The number of aromatic carboxylic acids is 1. The minimum Gasteiger partial charge on any atom is -0.478 e. The second-order valence-electron chi connectivity index (χ2n) is 4.36. The lowest BCUT2D eigenvalue weighted by Crippen LogP contribution is -2.21. The Balaban J connectivity index is 2.32. The Bertz CT molecular complexity index is 783. The lowest BCUT2D eigenvalue weighted by Gasteiger charge is -2.08. The Morgan fingerprint density at radius 2 is 1.90 bits per heavy atom. The van der Waals surface area contributed by atoms with Crippen molar-refractivity contribution in [3.63, 3.8) is 0 Å². The van der Waals surface area contributed by atoms with Gasteiger partial charge in [0.15, 0.2) is 0 Å². The summed E-state index contributed by atoms with van der Waals surface area (Å²) in [7, 11) is 0. The number of hydrogen-bond acceptors (Lipinski definition) is 3. The average Bonchev–Trinajstić information content (AvgIpc) is 2.42. The first-order chi connectivity index (χ1) is 9.88. The fourth-order valence-electron chi connectivity index (χ4n) is 1.78. The first-order valence-electron chi connectivity index (χ1n) is 5.90. The molecule has 21 heavy (non-hydrogen) atoms. The van der Waals surface area contributed by atoms with Crippen LogP contribution < -0.4 is 11.3 Å². The van der Waals surface area contributed by atoms with Crippen LogP contribution in [0.1, 0.15) is 26.3 Å². The molecule has 0 atom stereocenters. The van der Waals surface area contributed by atoms with Crippen LogP contribution in [0.25, 0.3) is 0 Å². The molecule has 7 heteroatoms. The highest BCUT2D eigenvalue weighted by Crippen LogP contribution is 2.11. The Labute approximate surface area is 118 Å². The maximum absolute atomic E-state index is 13.8. The first kappa shape index (κ1) is 14.4. The molecule has 2 aromatic rings. The van der Waals surface area contributed by atoms with E-state index in [1.165, 1.54) is 24.4 Å². The minimum absolute atomic E-state index is 0.0322. The fourth-order valence-corrected chi connectivity index (χ4v) is 1.78. The van der Waals surface area contributed by atoms with E-state index >= 15 is 0 Å². The maximum atomic E-state index is 13.8. The maximum Gasteiger partial charge on any atom is 0.335 e. The van der Waals surface area contributed by atoms with Gasteiger partial charge in [0.1, 0.15) is 5.82 Å². The van der Waals surface area contributed by atoms with Gasteiger partial charge in [0, 0.05) is 23.4 Å². The third kappa shape index (κ3) is 3.14. The summed E-state index contributed by atoms with van der Waals surface area (Å²) in [5.41, 5.74) is 4.56. The summed E-state index contributed by atoms with van der Waals surface area (Å²) in [5, 5.41) is 8.76. The fraction of sp³-hybridized carbons (Fsp3) is 0.0714. The molecule has 6 nitrogen and oxygen atoms in total. The van der Waals surface area contributed by atoms with Gasteiger partial charge in [0.05, 0.1) is 12.1 Å². The average molecular weight is 290 g/mol. The summed E-state index contributed by atoms with van der Waals surface area (Å²) in [4.78, 5) is 33.4. The molecular weight excluding hydrogens is 279 g/mol. The molecule has 0 spiro atoms. The normalized spacial score (nSPS) is 10.3. The van der Waals surface area contributed by atoms with Gasteiger partial charge in [-0.15, -0.1) is 0 Å². The van der Waals surface area contributed by atoms with Crippen molar-refractivity contribution in [2.75, 3.05) is 0 Å². The number of benzene rings is 1. The SMILES string of the molecule is NC(=O)c1ccc(Cn2ccc(C(=O)O)cc2=O)c(F)c1. The highest BCUT2D eigenvalue weighted by molar-refractivity contribution is 5.92. The number of carbonyl (C=O) groups is 2. The van der Waals surface area contributed by atoms with Gasteiger partial charge >= 0.3 is 5.97 Å². The molecule has 1 amide bonds. The lowest BCUT2D eigenvalue weighted by atomic mass is 10.1. The molecule has 1 heterocycles. The number of hydrogen-bond donors (Lipinski definition) is 2. The van der Waals surface area contributed by atoms with Crippen LogP contribution in [-0.2, 0) is 6.54 Å². The van der Waals surface area contributed by atoms with Crippen molar-refractivity contribution in [2.24, 2.45) is 5.73 Å². The van der Waals surface area contributed by atoms with Crippen molar-refractivity contribution in [3.05, 3.63) is 69.4 Å². The summed E-state index contributed by atoms with van der Waals surface area (Å²) in [5.74, 6) is -2.62.